The third kappa shape index (κ3) is 2.14. The fourth-order valence-electron chi connectivity index (χ4n) is 2.11. The van der Waals surface area contributed by atoms with Gasteiger partial charge in [0.15, 0.2) is 4.96 Å². The van der Waals surface area contributed by atoms with Crippen molar-refractivity contribution in [3.8, 4) is 17.0 Å². The molecular formula is C14H12N2O3S. The van der Waals surface area contributed by atoms with Crippen molar-refractivity contribution in [3.05, 3.63) is 41.5 Å². The molecule has 1 N–H and O–H groups in total. The van der Waals surface area contributed by atoms with E-state index in [0.717, 1.165) is 22.0 Å². The topological polar surface area (TPSA) is 63.8 Å². The lowest BCUT2D eigenvalue weighted by Crippen LogP contribution is -2.03. The highest BCUT2D eigenvalue weighted by Crippen LogP contribution is 2.28. The van der Waals surface area contributed by atoms with Crippen molar-refractivity contribution >= 4 is 22.3 Å². The van der Waals surface area contributed by atoms with Crippen LogP contribution in [0.1, 0.15) is 5.69 Å². The molecular weight excluding hydrogens is 276 g/mol. The monoisotopic (exact) mass is 288 g/mol. The molecule has 0 aliphatic carbocycles. The van der Waals surface area contributed by atoms with Gasteiger partial charge in [0.05, 0.1) is 31.1 Å². The third-order valence-electron chi connectivity index (χ3n) is 3.04. The maximum Gasteiger partial charge on any atom is 0.309 e. The van der Waals surface area contributed by atoms with Gasteiger partial charge in [0.25, 0.3) is 0 Å². The lowest BCUT2D eigenvalue weighted by atomic mass is 10.1. The molecule has 20 heavy (non-hydrogen) atoms. The highest BCUT2D eigenvalue weighted by atomic mass is 32.1. The van der Waals surface area contributed by atoms with Crippen LogP contribution in [0.3, 0.4) is 0 Å². The van der Waals surface area contributed by atoms with Crippen LogP contribution >= 0.6 is 11.3 Å². The summed E-state index contributed by atoms with van der Waals surface area (Å²) in [6.45, 7) is 0. The maximum atomic E-state index is 10.9. The minimum atomic E-state index is -0.862. The van der Waals surface area contributed by atoms with Crippen LogP contribution in [0.25, 0.3) is 16.2 Å². The number of aromatic nitrogens is 2. The molecule has 1 aromatic carbocycles. The van der Waals surface area contributed by atoms with Gasteiger partial charge in [-0.2, -0.15) is 0 Å². The van der Waals surface area contributed by atoms with E-state index in [0.29, 0.717) is 5.69 Å². The molecule has 6 heteroatoms. The zero-order chi connectivity index (χ0) is 14.1. The first-order valence-corrected chi connectivity index (χ1v) is 6.87. The number of fused-ring (bicyclic) bond motifs is 1. The standard InChI is InChI=1S/C14H12N2O3S/c1-19-11-4-2-9(3-5-11)12-8-20-14-15-7-10(16(12)14)6-13(17)18/h2-5,7-8H,6H2,1H3,(H,17,18). The average Bonchev–Trinajstić information content (AvgIpc) is 3.02. The number of methoxy groups -OCH3 is 1. The van der Waals surface area contributed by atoms with Gasteiger partial charge >= 0.3 is 5.97 Å². The maximum absolute atomic E-state index is 10.9. The molecule has 0 fully saturated rings. The summed E-state index contributed by atoms with van der Waals surface area (Å²) >= 11 is 1.49. The van der Waals surface area contributed by atoms with Crippen LogP contribution in [0.5, 0.6) is 5.75 Å². The quantitative estimate of drug-likeness (QED) is 0.801. The molecule has 0 spiro atoms. The summed E-state index contributed by atoms with van der Waals surface area (Å²) < 4.78 is 7.03. The Morgan fingerprint density at radius 1 is 1.40 bits per heavy atom. The van der Waals surface area contributed by atoms with E-state index in [1.165, 1.54) is 11.3 Å². The Morgan fingerprint density at radius 3 is 2.80 bits per heavy atom. The molecule has 0 aliphatic rings. The number of aliphatic carboxylic acids is 1. The molecule has 2 aromatic heterocycles. The Kier molecular flexibility index (Phi) is 3.15. The number of carboxylic acids is 1. The van der Waals surface area contributed by atoms with E-state index in [-0.39, 0.29) is 6.42 Å². The van der Waals surface area contributed by atoms with E-state index in [4.69, 9.17) is 9.84 Å². The van der Waals surface area contributed by atoms with Crippen LogP contribution < -0.4 is 4.74 Å². The zero-order valence-corrected chi connectivity index (χ0v) is 11.6. The Labute approximate surface area is 119 Å². The Hall–Kier alpha value is -2.34. The first-order chi connectivity index (χ1) is 9.69. The number of hydrogen-bond donors (Lipinski definition) is 1. The third-order valence-corrected chi connectivity index (χ3v) is 3.88. The second kappa shape index (κ2) is 4.97. The van der Waals surface area contributed by atoms with Crippen molar-refractivity contribution in [1.82, 2.24) is 9.38 Å². The van der Waals surface area contributed by atoms with Gasteiger partial charge in [0, 0.05) is 5.38 Å². The largest absolute Gasteiger partial charge is 0.497 e. The fourth-order valence-corrected chi connectivity index (χ4v) is 3.00. The summed E-state index contributed by atoms with van der Waals surface area (Å²) in [5.74, 6) is -0.0738. The van der Waals surface area contributed by atoms with Gasteiger partial charge in [-0.15, -0.1) is 11.3 Å². The van der Waals surface area contributed by atoms with Gasteiger partial charge in [-0.1, -0.05) is 0 Å². The van der Waals surface area contributed by atoms with Gasteiger partial charge in [-0.25, -0.2) is 4.98 Å². The smallest absolute Gasteiger partial charge is 0.309 e. The molecule has 0 saturated heterocycles. The van der Waals surface area contributed by atoms with Crippen molar-refractivity contribution in [2.45, 2.75) is 6.42 Å². The van der Waals surface area contributed by atoms with Gasteiger partial charge in [0.1, 0.15) is 5.75 Å². The van der Waals surface area contributed by atoms with Crippen LogP contribution in [-0.4, -0.2) is 27.6 Å². The molecule has 102 valence electrons. The molecule has 0 saturated carbocycles. The van der Waals surface area contributed by atoms with E-state index in [1.54, 1.807) is 13.3 Å². The summed E-state index contributed by atoms with van der Waals surface area (Å²) in [7, 11) is 1.62. The number of carbonyl (C=O) groups is 1. The summed E-state index contributed by atoms with van der Waals surface area (Å²) in [5.41, 5.74) is 2.63. The number of thiazole rings is 1. The van der Waals surface area contributed by atoms with Crippen molar-refractivity contribution in [2.24, 2.45) is 0 Å². The first-order valence-electron chi connectivity index (χ1n) is 5.99. The van der Waals surface area contributed by atoms with Crippen molar-refractivity contribution < 1.29 is 14.6 Å². The Balaban J connectivity index is 2.10. The fraction of sp³-hybridized carbons (Fsp3) is 0.143. The number of carboxylic acid groups (broad SMARTS) is 1. The molecule has 0 bridgehead atoms. The molecule has 3 aromatic rings. The molecule has 5 nitrogen and oxygen atoms in total. The zero-order valence-electron chi connectivity index (χ0n) is 10.7. The van der Waals surface area contributed by atoms with Gasteiger partial charge in [-0.3, -0.25) is 9.20 Å². The van der Waals surface area contributed by atoms with Gasteiger partial charge in [-0.05, 0) is 29.8 Å². The number of imidazole rings is 1. The first kappa shape index (κ1) is 12.7. The van der Waals surface area contributed by atoms with Gasteiger partial charge in [0.2, 0.25) is 0 Å². The number of nitrogens with zero attached hydrogens (tertiary/aromatic N) is 2. The van der Waals surface area contributed by atoms with Crippen LogP contribution in [0.4, 0.5) is 0 Å². The molecule has 0 amide bonds. The van der Waals surface area contributed by atoms with E-state index < -0.39 is 5.97 Å². The number of rotatable bonds is 4. The van der Waals surface area contributed by atoms with Crippen LogP contribution in [0, 0.1) is 0 Å². The minimum absolute atomic E-state index is 0.0406. The lowest BCUT2D eigenvalue weighted by Gasteiger charge is -2.04. The van der Waals surface area contributed by atoms with Crippen molar-refractivity contribution in [3.63, 3.8) is 0 Å². The molecule has 0 radical (unpaired) electrons. The van der Waals surface area contributed by atoms with E-state index in [2.05, 4.69) is 4.98 Å². The highest BCUT2D eigenvalue weighted by Gasteiger charge is 2.13. The number of ether oxygens (including phenoxy) is 1. The van der Waals surface area contributed by atoms with Crippen molar-refractivity contribution in [2.75, 3.05) is 7.11 Å². The lowest BCUT2D eigenvalue weighted by molar-refractivity contribution is -0.136. The number of hydrogen-bond acceptors (Lipinski definition) is 4. The highest BCUT2D eigenvalue weighted by molar-refractivity contribution is 7.15. The normalized spacial score (nSPS) is 10.8. The summed E-state index contributed by atoms with van der Waals surface area (Å²) in [6.07, 6.45) is 1.58. The van der Waals surface area contributed by atoms with E-state index in [1.807, 2.05) is 34.0 Å². The SMILES string of the molecule is COc1ccc(-c2csc3ncc(CC(=O)O)n23)cc1. The van der Waals surface area contributed by atoms with Crippen LogP contribution in [0.15, 0.2) is 35.8 Å². The second-order valence-corrected chi connectivity index (χ2v) is 5.12. The van der Waals surface area contributed by atoms with Gasteiger partial charge < -0.3 is 9.84 Å². The summed E-state index contributed by atoms with van der Waals surface area (Å²) in [4.78, 5) is 16.0. The Bertz CT molecular complexity index is 758. The molecule has 0 atom stereocenters. The molecule has 0 unspecified atom stereocenters. The molecule has 0 aliphatic heterocycles. The van der Waals surface area contributed by atoms with Crippen LogP contribution in [-0.2, 0) is 11.2 Å². The van der Waals surface area contributed by atoms with Crippen molar-refractivity contribution in [1.29, 1.82) is 0 Å². The second-order valence-electron chi connectivity index (χ2n) is 4.29. The Morgan fingerprint density at radius 2 is 2.15 bits per heavy atom. The number of benzene rings is 1. The average molecular weight is 288 g/mol. The van der Waals surface area contributed by atoms with E-state index >= 15 is 0 Å². The predicted octanol–water partition coefficient (Wildman–Crippen LogP) is 2.70. The molecule has 3 rings (SSSR count). The summed E-state index contributed by atoms with van der Waals surface area (Å²) in [6, 6.07) is 7.66. The summed E-state index contributed by atoms with van der Waals surface area (Å²) in [5, 5.41) is 10.9. The van der Waals surface area contributed by atoms with Crippen LogP contribution in [0.2, 0.25) is 0 Å². The minimum Gasteiger partial charge on any atom is -0.497 e. The van der Waals surface area contributed by atoms with E-state index in [9.17, 15) is 4.79 Å². The predicted molar refractivity (Wildman–Crippen MR) is 76.4 cm³/mol. The molecule has 2 heterocycles.